The molecule has 28 heavy (non-hydrogen) atoms. The molecule has 148 valence electrons. The fourth-order valence-electron chi connectivity index (χ4n) is 2.82. The van der Waals surface area contributed by atoms with E-state index in [4.69, 9.17) is 14.2 Å². The van der Waals surface area contributed by atoms with E-state index in [0.29, 0.717) is 12.2 Å². The highest BCUT2D eigenvalue weighted by atomic mass is 16.7. The number of carbonyl (C=O) groups excluding carboxylic acids is 1. The van der Waals surface area contributed by atoms with E-state index < -0.39 is 0 Å². The van der Waals surface area contributed by atoms with Gasteiger partial charge in [-0.25, -0.2) is 5.43 Å². The average molecular weight is 382 g/mol. The molecule has 0 unspecified atom stereocenters. The molecule has 0 saturated heterocycles. The summed E-state index contributed by atoms with van der Waals surface area (Å²) in [7, 11) is 0. The number of ether oxygens (including phenoxy) is 3. The molecule has 2 aromatic rings. The molecule has 1 atom stereocenters. The summed E-state index contributed by atoms with van der Waals surface area (Å²) in [6, 6.07) is 13.0. The van der Waals surface area contributed by atoms with Crippen LogP contribution in [0.2, 0.25) is 0 Å². The van der Waals surface area contributed by atoms with Gasteiger partial charge in [0.05, 0.1) is 6.61 Å². The SMILES string of the molecule is CCCCOc1ccc(C(=O)NN=C[C@H](C)Cc2ccc3c(c2)OCO3)cc1. The quantitative estimate of drug-likeness (QED) is 0.401. The number of hydrogen-bond donors (Lipinski definition) is 1. The lowest BCUT2D eigenvalue weighted by Gasteiger charge is -2.07. The smallest absolute Gasteiger partial charge is 0.271 e. The van der Waals surface area contributed by atoms with Crippen LogP contribution < -0.4 is 19.6 Å². The lowest BCUT2D eigenvalue weighted by Crippen LogP contribution is -2.18. The summed E-state index contributed by atoms with van der Waals surface area (Å²) in [4.78, 5) is 12.2. The van der Waals surface area contributed by atoms with Gasteiger partial charge in [-0.2, -0.15) is 5.10 Å². The Morgan fingerprint density at radius 2 is 2.00 bits per heavy atom. The Balaban J connectivity index is 1.46. The molecule has 0 saturated carbocycles. The molecule has 0 aliphatic carbocycles. The number of amides is 1. The van der Waals surface area contributed by atoms with Gasteiger partial charge >= 0.3 is 0 Å². The molecule has 6 nitrogen and oxygen atoms in total. The number of unbranched alkanes of at least 4 members (excludes halogenated alkanes) is 1. The molecule has 0 fully saturated rings. The Morgan fingerprint density at radius 1 is 1.21 bits per heavy atom. The van der Waals surface area contributed by atoms with Crippen LogP contribution in [0.5, 0.6) is 17.2 Å². The van der Waals surface area contributed by atoms with Crippen molar-refractivity contribution < 1.29 is 19.0 Å². The van der Waals surface area contributed by atoms with Crippen molar-refractivity contribution in [3.8, 4) is 17.2 Å². The zero-order chi connectivity index (χ0) is 19.8. The molecule has 1 heterocycles. The third-order valence-corrected chi connectivity index (χ3v) is 4.37. The molecule has 1 aliphatic heterocycles. The van der Waals surface area contributed by atoms with E-state index in [9.17, 15) is 4.79 Å². The molecule has 1 N–H and O–H groups in total. The second kappa shape index (κ2) is 9.78. The van der Waals surface area contributed by atoms with E-state index in [0.717, 1.165) is 42.1 Å². The second-order valence-corrected chi connectivity index (χ2v) is 6.81. The van der Waals surface area contributed by atoms with Crippen molar-refractivity contribution in [3.05, 3.63) is 53.6 Å². The second-order valence-electron chi connectivity index (χ2n) is 6.81. The maximum atomic E-state index is 12.2. The van der Waals surface area contributed by atoms with Crippen molar-refractivity contribution in [2.75, 3.05) is 13.4 Å². The van der Waals surface area contributed by atoms with Crippen molar-refractivity contribution in [3.63, 3.8) is 0 Å². The molecular weight excluding hydrogens is 356 g/mol. The zero-order valence-electron chi connectivity index (χ0n) is 16.3. The molecule has 1 amide bonds. The minimum absolute atomic E-state index is 0.162. The molecule has 0 aromatic heterocycles. The van der Waals surface area contributed by atoms with E-state index in [1.165, 1.54) is 0 Å². The Hall–Kier alpha value is -3.02. The molecule has 1 aliphatic rings. The first-order valence-corrected chi connectivity index (χ1v) is 9.60. The fourth-order valence-corrected chi connectivity index (χ4v) is 2.82. The molecular formula is C22H26N2O4. The van der Waals surface area contributed by atoms with Crippen molar-refractivity contribution in [2.24, 2.45) is 11.0 Å². The summed E-state index contributed by atoms with van der Waals surface area (Å²) in [5, 5.41) is 4.09. The maximum Gasteiger partial charge on any atom is 0.271 e. The van der Waals surface area contributed by atoms with E-state index in [2.05, 4.69) is 17.5 Å². The van der Waals surface area contributed by atoms with Gasteiger partial charge in [0, 0.05) is 11.8 Å². The zero-order valence-corrected chi connectivity index (χ0v) is 16.3. The van der Waals surface area contributed by atoms with Gasteiger partial charge in [0.2, 0.25) is 6.79 Å². The number of nitrogens with zero attached hydrogens (tertiary/aromatic N) is 1. The normalized spacial score (nSPS) is 13.5. The molecule has 0 bridgehead atoms. The third-order valence-electron chi connectivity index (χ3n) is 4.37. The summed E-state index contributed by atoms with van der Waals surface area (Å²) in [6.45, 7) is 5.12. The lowest BCUT2D eigenvalue weighted by molar-refractivity contribution is 0.0955. The molecule has 2 aromatic carbocycles. The van der Waals surface area contributed by atoms with Crippen molar-refractivity contribution in [2.45, 2.75) is 33.1 Å². The van der Waals surface area contributed by atoms with E-state index in [1.54, 1.807) is 30.5 Å². The third kappa shape index (κ3) is 5.49. The van der Waals surface area contributed by atoms with Crippen molar-refractivity contribution >= 4 is 12.1 Å². The highest BCUT2D eigenvalue weighted by Gasteiger charge is 2.14. The Kier molecular flexibility index (Phi) is 6.89. The summed E-state index contributed by atoms with van der Waals surface area (Å²) >= 11 is 0. The standard InChI is InChI=1S/C22H26N2O4/c1-3-4-11-26-19-8-6-18(7-9-19)22(25)24-23-14-16(2)12-17-5-10-20-21(13-17)28-15-27-20/h5-10,13-14,16H,3-4,11-12,15H2,1-2H3,(H,24,25)/t16-/m1/s1. The van der Waals surface area contributed by atoms with Crippen LogP contribution in [-0.2, 0) is 6.42 Å². The minimum atomic E-state index is -0.244. The maximum absolute atomic E-state index is 12.2. The van der Waals surface area contributed by atoms with Crippen LogP contribution in [0.4, 0.5) is 0 Å². The predicted octanol–water partition coefficient (Wildman–Crippen LogP) is 4.19. The van der Waals surface area contributed by atoms with Gasteiger partial charge < -0.3 is 14.2 Å². The minimum Gasteiger partial charge on any atom is -0.494 e. The Morgan fingerprint density at radius 3 is 2.79 bits per heavy atom. The predicted molar refractivity (Wildman–Crippen MR) is 108 cm³/mol. The van der Waals surface area contributed by atoms with Crippen LogP contribution in [0.25, 0.3) is 0 Å². The topological polar surface area (TPSA) is 69.2 Å². The highest BCUT2D eigenvalue weighted by molar-refractivity contribution is 5.94. The van der Waals surface area contributed by atoms with E-state index >= 15 is 0 Å². The largest absolute Gasteiger partial charge is 0.494 e. The van der Waals surface area contributed by atoms with Crippen molar-refractivity contribution in [1.29, 1.82) is 0 Å². The summed E-state index contributed by atoms with van der Waals surface area (Å²) < 4.78 is 16.3. The number of fused-ring (bicyclic) bond motifs is 1. The van der Waals surface area contributed by atoms with Crippen LogP contribution in [0, 0.1) is 5.92 Å². The van der Waals surface area contributed by atoms with Crippen LogP contribution in [0.1, 0.15) is 42.6 Å². The van der Waals surface area contributed by atoms with Gasteiger partial charge in [0.15, 0.2) is 11.5 Å². The first-order valence-electron chi connectivity index (χ1n) is 9.60. The summed E-state index contributed by atoms with van der Waals surface area (Å²) in [5.41, 5.74) is 4.25. The van der Waals surface area contributed by atoms with Gasteiger partial charge in [0.25, 0.3) is 5.91 Å². The van der Waals surface area contributed by atoms with Gasteiger partial charge in [-0.1, -0.05) is 26.3 Å². The Bertz CT molecular complexity index is 818. The van der Waals surface area contributed by atoms with Crippen molar-refractivity contribution in [1.82, 2.24) is 5.43 Å². The average Bonchev–Trinajstić information content (AvgIpc) is 3.16. The van der Waals surface area contributed by atoms with Crippen LogP contribution in [-0.4, -0.2) is 25.5 Å². The number of nitrogens with one attached hydrogen (secondary N) is 1. The molecule has 0 spiro atoms. The van der Waals surface area contributed by atoms with Gasteiger partial charge in [-0.3, -0.25) is 4.79 Å². The van der Waals surface area contributed by atoms with E-state index in [1.807, 2.05) is 25.1 Å². The lowest BCUT2D eigenvalue weighted by atomic mass is 10.0. The molecule has 0 radical (unpaired) electrons. The van der Waals surface area contributed by atoms with Gasteiger partial charge in [-0.15, -0.1) is 0 Å². The number of benzene rings is 2. The van der Waals surface area contributed by atoms with E-state index in [-0.39, 0.29) is 18.6 Å². The summed E-state index contributed by atoms with van der Waals surface area (Å²) in [6.07, 6.45) is 4.64. The first kappa shape index (κ1) is 19.7. The fraction of sp³-hybridized carbons (Fsp3) is 0.364. The highest BCUT2D eigenvalue weighted by Crippen LogP contribution is 2.32. The Labute approximate surface area is 165 Å². The number of carbonyl (C=O) groups is 1. The molecule has 3 rings (SSSR count). The summed E-state index contributed by atoms with van der Waals surface area (Å²) in [5.74, 6) is 2.24. The van der Waals surface area contributed by atoms with Crippen LogP contribution in [0.15, 0.2) is 47.6 Å². The van der Waals surface area contributed by atoms with Crippen LogP contribution in [0.3, 0.4) is 0 Å². The first-order chi connectivity index (χ1) is 13.7. The number of hydrogen-bond acceptors (Lipinski definition) is 5. The monoisotopic (exact) mass is 382 g/mol. The van der Waals surface area contributed by atoms with Gasteiger partial charge in [-0.05, 0) is 60.7 Å². The number of rotatable bonds is 9. The number of hydrazone groups is 1. The molecule has 6 heteroatoms. The van der Waals surface area contributed by atoms with Crippen LogP contribution >= 0.6 is 0 Å². The van der Waals surface area contributed by atoms with Gasteiger partial charge in [0.1, 0.15) is 5.75 Å².